The van der Waals surface area contributed by atoms with E-state index in [-0.39, 0.29) is 37.7 Å². The quantitative estimate of drug-likeness (QED) is 0.432. The molecular weight excluding hydrogens is 488 g/mol. The third-order valence-electron chi connectivity index (χ3n) is 6.70. The van der Waals surface area contributed by atoms with E-state index >= 15 is 0 Å². The largest absolute Gasteiger partial charge is 0.497 e. The second-order valence-electron chi connectivity index (χ2n) is 9.07. The molecule has 1 atom stereocenters. The lowest BCUT2D eigenvalue weighted by Crippen LogP contribution is -2.42. The molecule has 1 aromatic heterocycles. The van der Waals surface area contributed by atoms with Crippen LogP contribution in [0.5, 0.6) is 17.2 Å². The van der Waals surface area contributed by atoms with Crippen molar-refractivity contribution in [3.8, 4) is 17.2 Å². The minimum atomic E-state index is -0.359. The number of hydrazone groups is 1. The predicted molar refractivity (Wildman–Crippen MR) is 139 cm³/mol. The highest BCUT2D eigenvalue weighted by molar-refractivity contribution is 6.02. The molecule has 5 rings (SSSR count). The van der Waals surface area contributed by atoms with Crippen molar-refractivity contribution in [2.75, 3.05) is 40.7 Å². The maximum absolute atomic E-state index is 13.8. The van der Waals surface area contributed by atoms with Crippen molar-refractivity contribution < 1.29 is 28.5 Å². The van der Waals surface area contributed by atoms with E-state index in [0.29, 0.717) is 35.8 Å². The van der Waals surface area contributed by atoms with E-state index in [4.69, 9.17) is 24.0 Å². The van der Waals surface area contributed by atoms with Crippen molar-refractivity contribution in [2.45, 2.75) is 12.5 Å². The van der Waals surface area contributed by atoms with Gasteiger partial charge in [-0.2, -0.15) is 5.10 Å². The number of benzene rings is 2. The van der Waals surface area contributed by atoms with Crippen molar-refractivity contribution in [1.82, 2.24) is 14.5 Å². The number of ether oxygens (including phenoxy) is 4. The van der Waals surface area contributed by atoms with Gasteiger partial charge in [0.05, 0.1) is 31.2 Å². The maximum atomic E-state index is 13.8. The summed E-state index contributed by atoms with van der Waals surface area (Å²) in [5.41, 5.74) is 3.05. The first-order valence-corrected chi connectivity index (χ1v) is 12.3. The van der Waals surface area contributed by atoms with Gasteiger partial charge in [0.1, 0.15) is 12.3 Å². The SMILES string of the molecule is COCCN(CC(=O)N1N=C(c2cccn2C)C[C@H]1c1ccc2c(c1)OCO2)C(=O)c1ccc(OC)cc1. The van der Waals surface area contributed by atoms with Gasteiger partial charge in [-0.3, -0.25) is 9.59 Å². The van der Waals surface area contributed by atoms with Gasteiger partial charge in [0.25, 0.3) is 11.8 Å². The predicted octanol–water partition coefficient (Wildman–Crippen LogP) is 3.23. The third-order valence-corrected chi connectivity index (χ3v) is 6.70. The molecule has 38 heavy (non-hydrogen) atoms. The number of amides is 2. The topological polar surface area (TPSA) is 94.8 Å². The fourth-order valence-electron chi connectivity index (χ4n) is 4.64. The van der Waals surface area contributed by atoms with Gasteiger partial charge in [-0.15, -0.1) is 0 Å². The van der Waals surface area contributed by atoms with Crippen molar-refractivity contribution in [1.29, 1.82) is 0 Å². The van der Waals surface area contributed by atoms with Gasteiger partial charge in [0.2, 0.25) is 6.79 Å². The second-order valence-corrected chi connectivity index (χ2v) is 9.07. The molecule has 0 unspecified atom stereocenters. The number of methoxy groups -OCH3 is 2. The molecule has 2 aliphatic rings. The second kappa shape index (κ2) is 11.0. The maximum Gasteiger partial charge on any atom is 0.262 e. The normalized spacial score (nSPS) is 15.9. The van der Waals surface area contributed by atoms with Crippen molar-refractivity contribution >= 4 is 17.5 Å². The average Bonchev–Trinajstić information content (AvgIpc) is 3.69. The summed E-state index contributed by atoms with van der Waals surface area (Å²) in [7, 11) is 5.07. The fourth-order valence-corrected chi connectivity index (χ4v) is 4.64. The highest BCUT2D eigenvalue weighted by Gasteiger charge is 2.36. The van der Waals surface area contributed by atoms with Gasteiger partial charge < -0.3 is 28.4 Å². The summed E-state index contributed by atoms with van der Waals surface area (Å²) < 4.78 is 23.4. The smallest absolute Gasteiger partial charge is 0.262 e. The number of hydrogen-bond acceptors (Lipinski definition) is 7. The number of aryl methyl sites for hydroxylation is 1. The number of fused-ring (bicyclic) bond motifs is 1. The van der Waals surface area contributed by atoms with E-state index in [0.717, 1.165) is 17.0 Å². The van der Waals surface area contributed by atoms with Crippen LogP contribution >= 0.6 is 0 Å². The molecule has 0 spiro atoms. The van der Waals surface area contributed by atoms with Gasteiger partial charge in [-0.05, 0) is 54.1 Å². The summed E-state index contributed by atoms with van der Waals surface area (Å²) >= 11 is 0. The van der Waals surface area contributed by atoms with Crippen LogP contribution < -0.4 is 14.2 Å². The van der Waals surface area contributed by atoms with Crippen LogP contribution in [0, 0.1) is 0 Å². The summed E-state index contributed by atoms with van der Waals surface area (Å²) in [5, 5.41) is 6.24. The highest BCUT2D eigenvalue weighted by Crippen LogP contribution is 2.39. The van der Waals surface area contributed by atoms with Crippen LogP contribution in [-0.4, -0.2) is 72.7 Å². The molecule has 3 heterocycles. The number of aromatic nitrogens is 1. The zero-order valence-electron chi connectivity index (χ0n) is 21.6. The number of rotatable bonds is 9. The van der Waals surface area contributed by atoms with Crippen LogP contribution in [0.4, 0.5) is 0 Å². The Labute approximate surface area is 220 Å². The van der Waals surface area contributed by atoms with E-state index in [9.17, 15) is 9.59 Å². The molecule has 3 aromatic rings. The molecule has 0 saturated heterocycles. The highest BCUT2D eigenvalue weighted by atomic mass is 16.7. The average molecular weight is 519 g/mol. The number of carbonyl (C=O) groups is 2. The van der Waals surface area contributed by atoms with Crippen LogP contribution in [0.1, 0.15) is 34.1 Å². The van der Waals surface area contributed by atoms with Crippen molar-refractivity contribution in [3.63, 3.8) is 0 Å². The minimum Gasteiger partial charge on any atom is -0.497 e. The van der Waals surface area contributed by atoms with Gasteiger partial charge in [-0.1, -0.05) is 6.07 Å². The Morgan fingerprint density at radius 1 is 1.08 bits per heavy atom. The monoisotopic (exact) mass is 518 g/mol. The first-order valence-electron chi connectivity index (χ1n) is 12.3. The van der Waals surface area contributed by atoms with Crippen LogP contribution in [0.15, 0.2) is 65.9 Å². The Morgan fingerprint density at radius 3 is 2.58 bits per heavy atom. The van der Waals surface area contributed by atoms with E-state index < -0.39 is 0 Å². The van der Waals surface area contributed by atoms with Gasteiger partial charge in [0, 0.05) is 38.9 Å². The van der Waals surface area contributed by atoms with Crippen LogP contribution in [0.2, 0.25) is 0 Å². The zero-order valence-corrected chi connectivity index (χ0v) is 21.6. The lowest BCUT2D eigenvalue weighted by atomic mass is 10.00. The molecule has 0 radical (unpaired) electrons. The van der Waals surface area contributed by atoms with Gasteiger partial charge in [0.15, 0.2) is 11.5 Å². The lowest BCUT2D eigenvalue weighted by Gasteiger charge is -2.27. The molecule has 10 heteroatoms. The van der Waals surface area contributed by atoms with Crippen LogP contribution in [0.3, 0.4) is 0 Å². The minimum absolute atomic E-state index is 0.154. The Balaban J connectivity index is 1.43. The van der Waals surface area contributed by atoms with Crippen LogP contribution in [0.25, 0.3) is 0 Å². The van der Waals surface area contributed by atoms with E-state index in [1.54, 1.807) is 38.5 Å². The van der Waals surface area contributed by atoms with E-state index in [1.807, 2.05) is 48.1 Å². The van der Waals surface area contributed by atoms with Gasteiger partial charge in [-0.25, -0.2) is 5.01 Å². The first kappa shape index (κ1) is 25.3. The molecule has 2 aromatic carbocycles. The summed E-state index contributed by atoms with van der Waals surface area (Å²) in [5.74, 6) is 1.38. The third kappa shape index (κ3) is 5.08. The molecule has 0 aliphatic carbocycles. The molecule has 0 bridgehead atoms. The molecule has 198 valence electrons. The number of hydrogen-bond donors (Lipinski definition) is 0. The lowest BCUT2D eigenvalue weighted by molar-refractivity contribution is -0.133. The molecular formula is C28H30N4O6. The molecule has 0 N–H and O–H groups in total. The standard InChI is InChI=1S/C28H30N4O6/c1-30-12-4-5-23(30)22-16-24(20-8-11-25-26(15-20)38-18-37-25)32(29-22)27(33)17-31(13-14-35-2)28(34)19-6-9-21(36-3)10-7-19/h4-12,15,24H,13-14,16-18H2,1-3H3/t24-/m0/s1. The summed E-state index contributed by atoms with van der Waals surface area (Å²) in [6, 6.07) is 16.0. The fraction of sp³-hybridized carbons (Fsp3) is 0.321. The van der Waals surface area contributed by atoms with E-state index in [2.05, 4.69) is 0 Å². The first-order chi connectivity index (χ1) is 18.5. The summed E-state index contributed by atoms with van der Waals surface area (Å²) in [6.07, 6.45) is 2.46. The van der Waals surface area contributed by atoms with Crippen molar-refractivity contribution in [2.24, 2.45) is 12.1 Å². The molecule has 2 amide bonds. The van der Waals surface area contributed by atoms with Gasteiger partial charge >= 0.3 is 0 Å². The van der Waals surface area contributed by atoms with Crippen LogP contribution in [-0.2, 0) is 16.6 Å². The molecule has 10 nitrogen and oxygen atoms in total. The summed E-state index contributed by atoms with van der Waals surface area (Å²) in [6.45, 7) is 0.557. The Hall–Kier alpha value is -4.31. The number of nitrogens with zero attached hydrogens (tertiary/aromatic N) is 4. The molecule has 2 aliphatic heterocycles. The van der Waals surface area contributed by atoms with E-state index in [1.165, 1.54) is 9.91 Å². The number of carbonyl (C=O) groups excluding carboxylic acids is 2. The Bertz CT molecular complexity index is 1350. The van der Waals surface area contributed by atoms with Crippen molar-refractivity contribution in [3.05, 3.63) is 77.6 Å². The Kier molecular flexibility index (Phi) is 7.32. The molecule has 0 saturated carbocycles. The zero-order chi connectivity index (χ0) is 26.6. The molecule has 0 fully saturated rings. The summed E-state index contributed by atoms with van der Waals surface area (Å²) in [4.78, 5) is 28.6. The Morgan fingerprint density at radius 2 is 1.87 bits per heavy atom.